The lowest BCUT2D eigenvalue weighted by molar-refractivity contribution is -0.140. The molecule has 0 spiro atoms. The largest absolute Gasteiger partial charge is 0.507 e. The molecule has 0 aliphatic carbocycles. The Balaban J connectivity index is 2.09. The summed E-state index contributed by atoms with van der Waals surface area (Å²) in [6, 6.07) is 11.0. The smallest absolute Gasteiger partial charge is 0.295 e. The first kappa shape index (κ1) is 25.1. The van der Waals surface area contributed by atoms with Crippen LogP contribution < -0.4 is 4.74 Å². The standard InChI is InChI=1S/C25H28Cl2N2O4/c1-4-28(5-2)13-8-14-29-22(16-11-12-18(26)19(27)15-16)21(24(31)25(29)32)23(30)17-9-6-7-10-20(17)33-3/h6-7,9-12,15,22,30H,4-5,8,13-14H2,1-3H3/b23-21+. The molecule has 2 aromatic rings. The van der Waals surface area contributed by atoms with E-state index >= 15 is 0 Å². The van der Waals surface area contributed by atoms with Gasteiger partial charge in [-0.1, -0.05) is 55.2 Å². The number of carbonyl (C=O) groups excluding carboxylic acids is 2. The summed E-state index contributed by atoms with van der Waals surface area (Å²) in [5.74, 6) is -1.27. The molecule has 1 amide bonds. The van der Waals surface area contributed by atoms with Gasteiger partial charge in [-0.15, -0.1) is 0 Å². The molecule has 0 aromatic heterocycles. The third-order valence-electron chi connectivity index (χ3n) is 5.93. The maximum Gasteiger partial charge on any atom is 0.295 e. The molecule has 1 N–H and O–H groups in total. The van der Waals surface area contributed by atoms with E-state index in [4.69, 9.17) is 27.9 Å². The molecule has 0 bridgehead atoms. The normalized spacial score (nSPS) is 17.8. The molecule has 1 fully saturated rings. The Bertz CT molecular complexity index is 1070. The molecule has 1 saturated heterocycles. The van der Waals surface area contributed by atoms with E-state index in [1.807, 2.05) is 0 Å². The van der Waals surface area contributed by atoms with Crippen molar-refractivity contribution in [2.24, 2.45) is 0 Å². The van der Waals surface area contributed by atoms with E-state index in [2.05, 4.69) is 18.7 Å². The minimum absolute atomic E-state index is 0.00530. The summed E-state index contributed by atoms with van der Waals surface area (Å²) < 4.78 is 5.36. The van der Waals surface area contributed by atoms with E-state index in [1.54, 1.807) is 42.5 Å². The average Bonchev–Trinajstić information content (AvgIpc) is 3.08. The van der Waals surface area contributed by atoms with Crippen molar-refractivity contribution >= 4 is 40.7 Å². The van der Waals surface area contributed by atoms with Crippen molar-refractivity contribution in [1.82, 2.24) is 9.80 Å². The summed E-state index contributed by atoms with van der Waals surface area (Å²) in [6.07, 6.45) is 0.682. The molecule has 0 saturated carbocycles. The molecule has 2 aromatic carbocycles. The van der Waals surface area contributed by atoms with Crippen LogP contribution in [-0.2, 0) is 9.59 Å². The van der Waals surface area contributed by atoms with Gasteiger partial charge < -0.3 is 19.6 Å². The van der Waals surface area contributed by atoms with Crippen LogP contribution >= 0.6 is 23.2 Å². The number of hydrogen-bond acceptors (Lipinski definition) is 5. The number of halogens is 2. The molecule has 1 heterocycles. The van der Waals surface area contributed by atoms with Crippen LogP contribution in [0, 0.1) is 0 Å². The number of amides is 1. The quantitative estimate of drug-likeness (QED) is 0.298. The summed E-state index contributed by atoms with van der Waals surface area (Å²) >= 11 is 12.4. The maximum atomic E-state index is 13.2. The second-order valence-corrected chi connectivity index (χ2v) is 8.56. The van der Waals surface area contributed by atoms with Crippen LogP contribution in [0.4, 0.5) is 0 Å². The van der Waals surface area contributed by atoms with Crippen molar-refractivity contribution < 1.29 is 19.4 Å². The van der Waals surface area contributed by atoms with Gasteiger partial charge in [-0.25, -0.2) is 0 Å². The van der Waals surface area contributed by atoms with Gasteiger partial charge in [0.05, 0.1) is 34.3 Å². The Hall–Kier alpha value is -2.54. The lowest BCUT2D eigenvalue weighted by Crippen LogP contribution is -2.33. The minimum atomic E-state index is -0.790. The van der Waals surface area contributed by atoms with Crippen molar-refractivity contribution in [2.45, 2.75) is 26.3 Å². The average molecular weight is 491 g/mol. The molecule has 1 unspecified atom stereocenters. The van der Waals surface area contributed by atoms with Crippen molar-refractivity contribution in [3.63, 3.8) is 0 Å². The molecule has 3 rings (SSSR count). The zero-order chi connectivity index (χ0) is 24.1. The summed E-state index contributed by atoms with van der Waals surface area (Å²) in [5.41, 5.74) is 0.944. The van der Waals surface area contributed by atoms with Crippen LogP contribution in [0.25, 0.3) is 5.76 Å². The predicted molar refractivity (Wildman–Crippen MR) is 131 cm³/mol. The summed E-state index contributed by atoms with van der Waals surface area (Å²) in [4.78, 5) is 30.0. The molecule has 1 atom stereocenters. The highest BCUT2D eigenvalue weighted by Crippen LogP contribution is 2.42. The monoisotopic (exact) mass is 490 g/mol. The van der Waals surface area contributed by atoms with Crippen LogP contribution in [0.1, 0.15) is 37.4 Å². The van der Waals surface area contributed by atoms with Crippen LogP contribution in [0.15, 0.2) is 48.0 Å². The number of nitrogens with zero attached hydrogens (tertiary/aromatic N) is 2. The first-order valence-corrected chi connectivity index (χ1v) is 11.7. The minimum Gasteiger partial charge on any atom is -0.507 e. The number of ether oxygens (including phenoxy) is 1. The second-order valence-electron chi connectivity index (χ2n) is 7.75. The van der Waals surface area contributed by atoms with E-state index < -0.39 is 17.7 Å². The molecule has 0 radical (unpaired) electrons. The number of carbonyl (C=O) groups is 2. The van der Waals surface area contributed by atoms with E-state index in [1.165, 1.54) is 12.0 Å². The van der Waals surface area contributed by atoms with E-state index in [0.29, 0.717) is 39.9 Å². The fourth-order valence-corrected chi connectivity index (χ4v) is 4.44. The number of ketones is 1. The van der Waals surface area contributed by atoms with Gasteiger partial charge in [0.1, 0.15) is 11.5 Å². The van der Waals surface area contributed by atoms with Crippen molar-refractivity contribution in [3.8, 4) is 5.75 Å². The fourth-order valence-electron chi connectivity index (χ4n) is 4.13. The summed E-state index contributed by atoms with van der Waals surface area (Å²) in [7, 11) is 1.48. The number of para-hydroxylation sites is 1. The van der Waals surface area contributed by atoms with E-state index in [9.17, 15) is 14.7 Å². The van der Waals surface area contributed by atoms with Gasteiger partial charge in [-0.3, -0.25) is 9.59 Å². The molecule has 8 heteroatoms. The van der Waals surface area contributed by atoms with Gasteiger partial charge >= 0.3 is 0 Å². The lowest BCUT2D eigenvalue weighted by Gasteiger charge is -2.27. The van der Waals surface area contributed by atoms with Crippen LogP contribution in [0.3, 0.4) is 0 Å². The van der Waals surface area contributed by atoms with Gasteiger partial charge in [0, 0.05) is 6.54 Å². The lowest BCUT2D eigenvalue weighted by atomic mass is 9.95. The van der Waals surface area contributed by atoms with Crippen molar-refractivity contribution in [2.75, 3.05) is 33.3 Å². The number of aliphatic hydroxyl groups excluding tert-OH is 1. The first-order chi connectivity index (χ1) is 15.8. The third kappa shape index (κ3) is 5.18. The Morgan fingerprint density at radius 1 is 1.09 bits per heavy atom. The maximum absolute atomic E-state index is 13.2. The van der Waals surface area contributed by atoms with Gasteiger partial charge in [-0.05, 0) is 55.9 Å². The Labute approximate surface area is 204 Å². The second kappa shape index (κ2) is 11.1. The van der Waals surface area contributed by atoms with Gasteiger partial charge in [-0.2, -0.15) is 0 Å². The number of Topliss-reactive ketones (excluding diaryl/α,β-unsaturated/α-hetero) is 1. The highest BCUT2D eigenvalue weighted by Gasteiger charge is 2.46. The molecular formula is C25H28Cl2N2O4. The molecule has 33 heavy (non-hydrogen) atoms. The van der Waals surface area contributed by atoms with Gasteiger partial charge in [0.25, 0.3) is 11.7 Å². The Kier molecular flexibility index (Phi) is 8.40. The van der Waals surface area contributed by atoms with Crippen LogP contribution in [0.2, 0.25) is 10.0 Å². The van der Waals surface area contributed by atoms with Gasteiger partial charge in [0.15, 0.2) is 0 Å². The molecule has 6 nitrogen and oxygen atoms in total. The number of hydrogen-bond donors (Lipinski definition) is 1. The fraction of sp³-hybridized carbons (Fsp3) is 0.360. The summed E-state index contributed by atoms with van der Waals surface area (Å²) in [6.45, 7) is 7.11. The van der Waals surface area contributed by atoms with Crippen molar-refractivity contribution in [1.29, 1.82) is 0 Å². The Morgan fingerprint density at radius 2 is 1.79 bits per heavy atom. The Morgan fingerprint density at radius 3 is 2.42 bits per heavy atom. The number of benzene rings is 2. The van der Waals surface area contributed by atoms with Crippen LogP contribution in [0.5, 0.6) is 5.75 Å². The number of methoxy groups -OCH3 is 1. The number of rotatable bonds is 9. The van der Waals surface area contributed by atoms with Crippen LogP contribution in [-0.4, -0.2) is 59.9 Å². The molecule has 1 aliphatic heterocycles. The summed E-state index contributed by atoms with van der Waals surface area (Å²) in [5, 5.41) is 11.9. The molecule has 176 valence electrons. The topological polar surface area (TPSA) is 70.1 Å². The number of likely N-dealkylation sites (tertiary alicyclic amines) is 1. The zero-order valence-electron chi connectivity index (χ0n) is 19.0. The molecular weight excluding hydrogens is 463 g/mol. The van der Waals surface area contributed by atoms with E-state index in [0.717, 1.165) is 19.6 Å². The highest BCUT2D eigenvalue weighted by molar-refractivity contribution is 6.47. The van der Waals surface area contributed by atoms with E-state index in [-0.39, 0.29) is 11.3 Å². The van der Waals surface area contributed by atoms with Gasteiger partial charge in [0.2, 0.25) is 0 Å². The zero-order valence-corrected chi connectivity index (χ0v) is 20.5. The number of aliphatic hydroxyl groups is 1. The molecule has 1 aliphatic rings. The van der Waals surface area contributed by atoms with Crippen molar-refractivity contribution in [3.05, 3.63) is 69.2 Å². The predicted octanol–water partition coefficient (Wildman–Crippen LogP) is 5.16. The first-order valence-electron chi connectivity index (χ1n) is 10.9. The third-order valence-corrected chi connectivity index (χ3v) is 6.67. The SMILES string of the molecule is CCN(CC)CCCN1C(=O)C(=O)/C(=C(/O)c2ccccc2OC)C1c1ccc(Cl)c(Cl)c1. The highest BCUT2D eigenvalue weighted by atomic mass is 35.5.